The van der Waals surface area contributed by atoms with Crippen LogP contribution >= 0.6 is 0 Å². The van der Waals surface area contributed by atoms with Crippen LogP contribution in [0.1, 0.15) is 0 Å². The smallest absolute Gasteiger partial charge is 0.225 e. The highest BCUT2D eigenvalue weighted by Crippen LogP contribution is 2.08. The van der Waals surface area contributed by atoms with Gasteiger partial charge in [-0.25, -0.2) is 10.5 Å². The summed E-state index contributed by atoms with van der Waals surface area (Å²) < 4.78 is 0. The summed E-state index contributed by atoms with van der Waals surface area (Å²) in [5.41, 5.74) is 0. The van der Waals surface area contributed by atoms with Crippen molar-refractivity contribution in [3.05, 3.63) is 24.9 Å². The molecule has 0 amide bonds. The van der Waals surface area contributed by atoms with Crippen LogP contribution in [-0.4, -0.2) is 96.6 Å². The molecule has 0 unspecified atom stereocenters. The molecule has 8 nitrogen and oxygen atoms in total. The number of rotatable bonds is 4. The van der Waals surface area contributed by atoms with E-state index in [-0.39, 0.29) is 11.8 Å². The summed E-state index contributed by atoms with van der Waals surface area (Å²) in [6.07, 6.45) is 0. The Bertz CT molecular complexity index is 333. The summed E-state index contributed by atoms with van der Waals surface area (Å²) in [6, 6.07) is 0. The van der Waals surface area contributed by atoms with Crippen LogP contribution in [0.3, 0.4) is 0 Å². The Balaban J connectivity index is 2.75. The number of hydrogen-bond acceptors (Lipinski definition) is 8. The average molecular weight is 316 g/mol. The van der Waals surface area contributed by atoms with Crippen LogP contribution in [0.15, 0.2) is 24.9 Å². The van der Waals surface area contributed by atoms with Gasteiger partial charge in [-0.05, 0) is 27.3 Å². The lowest BCUT2D eigenvalue weighted by Crippen LogP contribution is -2.43. The van der Waals surface area contributed by atoms with E-state index in [4.69, 9.17) is 10.5 Å². The van der Waals surface area contributed by atoms with Crippen molar-refractivity contribution in [1.29, 1.82) is 0 Å². The molecule has 0 bridgehead atoms. The van der Waals surface area contributed by atoms with Crippen molar-refractivity contribution in [1.82, 2.24) is 19.6 Å². The SMILES string of the molecule is C=C(OO)N1CCN(C)CCN(C)CCN(C(=C)OO)CC1. The summed E-state index contributed by atoms with van der Waals surface area (Å²) in [6.45, 7) is 13.4. The molecule has 0 aromatic rings. The zero-order chi connectivity index (χ0) is 16.5. The molecule has 1 fully saturated rings. The van der Waals surface area contributed by atoms with E-state index < -0.39 is 0 Å². The lowest BCUT2D eigenvalue weighted by atomic mass is 10.3. The number of likely N-dealkylation sites (N-methyl/N-ethyl adjacent to an activating group) is 2. The Hall–Kier alpha value is -1.48. The Labute approximate surface area is 132 Å². The van der Waals surface area contributed by atoms with Crippen LogP contribution in [0.5, 0.6) is 0 Å². The summed E-state index contributed by atoms with van der Waals surface area (Å²) in [7, 11) is 4.13. The topological polar surface area (TPSA) is 71.9 Å². The van der Waals surface area contributed by atoms with Crippen LogP contribution in [0.4, 0.5) is 0 Å². The van der Waals surface area contributed by atoms with Gasteiger partial charge >= 0.3 is 0 Å². The Kier molecular flexibility index (Phi) is 8.03. The summed E-state index contributed by atoms with van der Waals surface area (Å²) in [5.74, 6) is 0.413. The molecule has 1 rings (SSSR count). The Morgan fingerprint density at radius 2 is 0.955 bits per heavy atom. The molecule has 0 radical (unpaired) electrons. The predicted molar refractivity (Wildman–Crippen MR) is 83.8 cm³/mol. The first-order valence-corrected chi connectivity index (χ1v) is 7.35. The van der Waals surface area contributed by atoms with Crippen molar-refractivity contribution in [2.75, 3.05) is 66.5 Å². The number of nitrogens with zero attached hydrogens (tertiary/aromatic N) is 4. The van der Waals surface area contributed by atoms with Crippen molar-refractivity contribution < 1.29 is 20.3 Å². The fourth-order valence-electron chi connectivity index (χ4n) is 2.23. The van der Waals surface area contributed by atoms with Gasteiger partial charge in [-0.3, -0.25) is 0 Å². The van der Waals surface area contributed by atoms with Gasteiger partial charge in [-0.1, -0.05) is 0 Å². The van der Waals surface area contributed by atoms with Crippen LogP contribution in [0.25, 0.3) is 0 Å². The molecule has 0 atom stereocenters. The second-order valence-electron chi connectivity index (χ2n) is 5.55. The van der Waals surface area contributed by atoms with Crippen molar-refractivity contribution in [3.63, 3.8) is 0 Å². The van der Waals surface area contributed by atoms with Crippen LogP contribution < -0.4 is 0 Å². The van der Waals surface area contributed by atoms with Crippen LogP contribution in [0.2, 0.25) is 0 Å². The molecule has 1 saturated heterocycles. The van der Waals surface area contributed by atoms with E-state index >= 15 is 0 Å². The first-order valence-electron chi connectivity index (χ1n) is 7.35. The van der Waals surface area contributed by atoms with Gasteiger partial charge < -0.3 is 29.4 Å². The maximum Gasteiger partial charge on any atom is 0.225 e. The molecular weight excluding hydrogens is 288 g/mol. The van der Waals surface area contributed by atoms with E-state index in [0.717, 1.165) is 26.2 Å². The molecule has 128 valence electrons. The molecule has 8 heteroatoms. The minimum absolute atomic E-state index is 0.207. The van der Waals surface area contributed by atoms with Gasteiger partial charge in [0.25, 0.3) is 0 Å². The maximum absolute atomic E-state index is 8.84. The highest BCUT2D eigenvalue weighted by Gasteiger charge is 2.17. The zero-order valence-electron chi connectivity index (χ0n) is 13.6. The van der Waals surface area contributed by atoms with Gasteiger partial charge in [-0.15, -0.1) is 0 Å². The zero-order valence-corrected chi connectivity index (χ0v) is 13.6. The first-order chi connectivity index (χ1) is 10.5. The molecule has 0 spiro atoms. The van der Waals surface area contributed by atoms with Crippen LogP contribution in [-0.2, 0) is 9.78 Å². The summed E-state index contributed by atoms with van der Waals surface area (Å²) in [5, 5.41) is 17.7. The minimum atomic E-state index is 0.207. The highest BCUT2D eigenvalue weighted by atomic mass is 17.1. The molecule has 0 aliphatic carbocycles. The Morgan fingerprint density at radius 3 is 1.27 bits per heavy atom. The third-order valence-electron chi connectivity index (χ3n) is 3.92. The fraction of sp³-hybridized carbons (Fsp3) is 0.714. The molecule has 1 aliphatic rings. The quantitative estimate of drug-likeness (QED) is 0.438. The van der Waals surface area contributed by atoms with E-state index in [1.54, 1.807) is 0 Å². The lowest BCUT2D eigenvalue weighted by Gasteiger charge is -2.33. The van der Waals surface area contributed by atoms with Crippen molar-refractivity contribution >= 4 is 0 Å². The summed E-state index contributed by atoms with van der Waals surface area (Å²) >= 11 is 0. The molecule has 0 aromatic heterocycles. The van der Waals surface area contributed by atoms with Crippen molar-refractivity contribution in [2.45, 2.75) is 0 Å². The van der Waals surface area contributed by atoms with Crippen molar-refractivity contribution in [3.8, 4) is 0 Å². The van der Waals surface area contributed by atoms with Crippen LogP contribution in [0, 0.1) is 0 Å². The second kappa shape index (κ2) is 9.52. The average Bonchev–Trinajstić information content (AvgIpc) is 2.52. The van der Waals surface area contributed by atoms with Gasteiger partial charge in [0, 0.05) is 52.4 Å². The third-order valence-corrected chi connectivity index (χ3v) is 3.92. The standard InChI is InChI=1S/C14H28N4O4/c1-13(21-19)17-9-7-15(3)5-6-16(4)8-10-18(12-11-17)14(2)22-20/h19-20H,1-2,5-12H2,3-4H3. The molecule has 1 aliphatic heterocycles. The number of hydrogen-bond donors (Lipinski definition) is 2. The molecule has 0 aromatic carbocycles. The van der Waals surface area contributed by atoms with E-state index in [2.05, 4.69) is 46.8 Å². The molecule has 2 N–H and O–H groups in total. The van der Waals surface area contributed by atoms with Gasteiger partial charge in [0.2, 0.25) is 11.8 Å². The normalized spacial score (nSPS) is 20.0. The fourth-order valence-corrected chi connectivity index (χ4v) is 2.23. The monoisotopic (exact) mass is 316 g/mol. The van der Waals surface area contributed by atoms with E-state index in [9.17, 15) is 0 Å². The van der Waals surface area contributed by atoms with Gasteiger partial charge in [0.1, 0.15) is 0 Å². The van der Waals surface area contributed by atoms with Gasteiger partial charge in [0.05, 0.1) is 0 Å². The first kappa shape index (κ1) is 18.6. The Morgan fingerprint density at radius 1 is 0.682 bits per heavy atom. The molecule has 22 heavy (non-hydrogen) atoms. The highest BCUT2D eigenvalue weighted by molar-refractivity contribution is 4.88. The van der Waals surface area contributed by atoms with Crippen molar-refractivity contribution in [2.24, 2.45) is 0 Å². The van der Waals surface area contributed by atoms with E-state index in [1.807, 2.05) is 9.80 Å². The minimum Gasteiger partial charge on any atom is -0.338 e. The van der Waals surface area contributed by atoms with E-state index in [1.165, 1.54) is 0 Å². The second-order valence-corrected chi connectivity index (χ2v) is 5.55. The molecular formula is C14H28N4O4. The molecule has 0 saturated carbocycles. The maximum atomic E-state index is 8.84. The predicted octanol–water partition coefficient (Wildman–Crippen LogP) is 0.389. The largest absolute Gasteiger partial charge is 0.338 e. The van der Waals surface area contributed by atoms with E-state index in [0.29, 0.717) is 26.2 Å². The van der Waals surface area contributed by atoms with Gasteiger partial charge in [0.15, 0.2) is 0 Å². The molecule has 1 heterocycles. The third kappa shape index (κ3) is 6.10. The summed E-state index contributed by atoms with van der Waals surface area (Å²) in [4.78, 5) is 16.7. The van der Waals surface area contributed by atoms with Gasteiger partial charge in [-0.2, -0.15) is 0 Å². The lowest BCUT2D eigenvalue weighted by molar-refractivity contribution is -0.228.